The van der Waals surface area contributed by atoms with Crippen molar-refractivity contribution in [3.8, 4) is 5.75 Å². The average molecular weight is 379 g/mol. The molecule has 4 rings (SSSR count). The molecule has 3 atom stereocenters. The summed E-state index contributed by atoms with van der Waals surface area (Å²) >= 11 is 0. The first-order chi connectivity index (χ1) is 13.5. The number of benzene rings is 2. The molecule has 2 aliphatic rings. The van der Waals surface area contributed by atoms with Gasteiger partial charge >= 0.3 is 5.97 Å². The molecule has 0 bridgehead atoms. The minimum Gasteiger partial charge on any atom is -0.489 e. The van der Waals surface area contributed by atoms with Crippen molar-refractivity contribution in [1.82, 2.24) is 4.90 Å². The fraction of sp³-hybridized carbons (Fsp3) is 0.391. The van der Waals surface area contributed by atoms with E-state index in [2.05, 4.69) is 0 Å². The van der Waals surface area contributed by atoms with E-state index >= 15 is 0 Å². The lowest BCUT2D eigenvalue weighted by Crippen LogP contribution is -2.35. The Hall–Kier alpha value is -2.82. The van der Waals surface area contributed by atoms with Gasteiger partial charge in [0.05, 0.1) is 5.41 Å². The largest absolute Gasteiger partial charge is 0.489 e. The third-order valence-corrected chi connectivity index (χ3v) is 5.97. The Morgan fingerprint density at radius 1 is 1.14 bits per heavy atom. The normalized spacial score (nSPS) is 26.1. The lowest BCUT2D eigenvalue weighted by atomic mass is 9.90. The Morgan fingerprint density at radius 2 is 1.86 bits per heavy atom. The first-order valence-electron chi connectivity index (χ1n) is 9.75. The average Bonchev–Trinajstić information content (AvgIpc) is 3.41. The number of likely N-dealkylation sites (tertiary alicyclic amines) is 1. The molecule has 1 aliphatic carbocycles. The fourth-order valence-corrected chi connectivity index (χ4v) is 3.95. The van der Waals surface area contributed by atoms with Crippen molar-refractivity contribution in [2.45, 2.75) is 32.3 Å². The zero-order valence-corrected chi connectivity index (χ0v) is 16.0. The summed E-state index contributed by atoms with van der Waals surface area (Å²) in [5.74, 6) is 0.299. The van der Waals surface area contributed by atoms with Gasteiger partial charge in [-0.1, -0.05) is 42.5 Å². The summed E-state index contributed by atoms with van der Waals surface area (Å²) < 4.78 is 5.82. The Morgan fingerprint density at radius 3 is 2.50 bits per heavy atom. The predicted octanol–water partition coefficient (Wildman–Crippen LogP) is 3.69. The van der Waals surface area contributed by atoms with Gasteiger partial charge in [0.1, 0.15) is 12.4 Å². The maximum absolute atomic E-state index is 12.7. The minimum absolute atomic E-state index is 0.0211. The van der Waals surface area contributed by atoms with Crippen molar-refractivity contribution >= 4 is 11.9 Å². The summed E-state index contributed by atoms with van der Waals surface area (Å²) in [7, 11) is 0. The van der Waals surface area contributed by atoms with Crippen molar-refractivity contribution in [2.75, 3.05) is 13.1 Å². The molecule has 5 nitrogen and oxygen atoms in total. The molecule has 0 spiro atoms. The molecule has 1 aliphatic heterocycles. The van der Waals surface area contributed by atoms with Crippen LogP contribution in [0.1, 0.15) is 36.8 Å². The van der Waals surface area contributed by atoms with Gasteiger partial charge in [0.15, 0.2) is 0 Å². The van der Waals surface area contributed by atoms with E-state index in [1.165, 1.54) is 0 Å². The number of nitrogens with zero attached hydrogens (tertiary/aromatic N) is 1. The summed E-state index contributed by atoms with van der Waals surface area (Å²) in [6.45, 7) is 3.11. The molecule has 2 aromatic rings. The highest BCUT2D eigenvalue weighted by atomic mass is 16.5. The Bertz CT molecular complexity index is 864. The predicted molar refractivity (Wildman–Crippen MR) is 105 cm³/mol. The van der Waals surface area contributed by atoms with Crippen LogP contribution in [-0.2, 0) is 16.2 Å². The molecule has 1 heterocycles. The molecular weight excluding hydrogens is 354 g/mol. The first kappa shape index (κ1) is 18.5. The SMILES string of the molecule is CC1(C(=O)O)CCN(C(=O)C2CC2c2ccc(OCc3ccccc3)cc2)C1. The molecule has 146 valence electrons. The quantitative estimate of drug-likeness (QED) is 0.831. The molecule has 5 heteroatoms. The van der Waals surface area contributed by atoms with Crippen LogP contribution in [0, 0.1) is 11.3 Å². The number of carboxylic acids is 1. The number of rotatable bonds is 6. The second kappa shape index (κ2) is 7.30. The van der Waals surface area contributed by atoms with Gasteiger partial charge in [0.2, 0.25) is 5.91 Å². The van der Waals surface area contributed by atoms with Crippen LogP contribution in [0.15, 0.2) is 54.6 Å². The van der Waals surface area contributed by atoms with E-state index in [4.69, 9.17) is 4.74 Å². The van der Waals surface area contributed by atoms with Crippen LogP contribution >= 0.6 is 0 Å². The van der Waals surface area contributed by atoms with Crippen LogP contribution in [0.5, 0.6) is 5.75 Å². The molecule has 3 unspecified atom stereocenters. The molecule has 2 aromatic carbocycles. The summed E-state index contributed by atoms with van der Waals surface area (Å²) in [5, 5.41) is 9.35. The number of hydrogen-bond acceptors (Lipinski definition) is 3. The fourth-order valence-electron chi connectivity index (χ4n) is 3.95. The number of amides is 1. The standard InChI is InChI=1S/C23H25NO4/c1-23(22(26)27)11-12-24(15-23)21(25)20-13-19(20)17-7-9-18(10-8-17)28-14-16-5-3-2-4-6-16/h2-10,19-20H,11-15H2,1H3,(H,26,27). The van der Waals surface area contributed by atoms with E-state index in [-0.39, 0.29) is 17.7 Å². The number of hydrogen-bond donors (Lipinski definition) is 1. The van der Waals surface area contributed by atoms with Crippen LogP contribution in [0.3, 0.4) is 0 Å². The number of aliphatic carboxylic acids is 1. The summed E-state index contributed by atoms with van der Waals surface area (Å²) in [5.41, 5.74) is 1.46. The van der Waals surface area contributed by atoms with Crippen molar-refractivity contribution in [3.05, 3.63) is 65.7 Å². The lowest BCUT2D eigenvalue weighted by molar-refractivity contribution is -0.147. The smallest absolute Gasteiger partial charge is 0.311 e. The third-order valence-electron chi connectivity index (χ3n) is 5.97. The zero-order chi connectivity index (χ0) is 19.7. The topological polar surface area (TPSA) is 66.8 Å². The van der Waals surface area contributed by atoms with Crippen LogP contribution < -0.4 is 4.74 Å². The number of carbonyl (C=O) groups excluding carboxylic acids is 1. The third kappa shape index (κ3) is 3.75. The van der Waals surface area contributed by atoms with E-state index < -0.39 is 11.4 Å². The number of carboxylic acid groups (broad SMARTS) is 1. The van der Waals surface area contributed by atoms with Gasteiger partial charge in [0, 0.05) is 19.0 Å². The Kier molecular flexibility index (Phi) is 4.84. The van der Waals surface area contributed by atoms with Gasteiger partial charge in [-0.2, -0.15) is 0 Å². The van der Waals surface area contributed by atoms with E-state index in [1.807, 2.05) is 54.6 Å². The van der Waals surface area contributed by atoms with Crippen LogP contribution in [0.2, 0.25) is 0 Å². The van der Waals surface area contributed by atoms with Gasteiger partial charge in [-0.15, -0.1) is 0 Å². The molecule has 1 saturated heterocycles. The maximum Gasteiger partial charge on any atom is 0.311 e. The molecule has 0 aromatic heterocycles. The second-order valence-corrected chi connectivity index (χ2v) is 8.17. The molecular formula is C23H25NO4. The maximum atomic E-state index is 12.7. The second-order valence-electron chi connectivity index (χ2n) is 8.17. The lowest BCUT2D eigenvalue weighted by Gasteiger charge is -2.20. The molecule has 1 amide bonds. The zero-order valence-electron chi connectivity index (χ0n) is 16.0. The van der Waals surface area contributed by atoms with Crippen LogP contribution in [-0.4, -0.2) is 35.0 Å². The Balaban J connectivity index is 1.31. The molecule has 1 saturated carbocycles. The van der Waals surface area contributed by atoms with Crippen molar-refractivity contribution < 1.29 is 19.4 Å². The highest BCUT2D eigenvalue weighted by Crippen LogP contribution is 2.49. The van der Waals surface area contributed by atoms with Crippen LogP contribution in [0.4, 0.5) is 0 Å². The Labute approximate surface area is 164 Å². The van der Waals surface area contributed by atoms with Gasteiger partial charge in [-0.3, -0.25) is 9.59 Å². The van der Waals surface area contributed by atoms with Crippen molar-refractivity contribution in [1.29, 1.82) is 0 Å². The molecule has 28 heavy (non-hydrogen) atoms. The number of carbonyl (C=O) groups is 2. The number of ether oxygens (including phenoxy) is 1. The van der Waals surface area contributed by atoms with Gasteiger partial charge in [-0.25, -0.2) is 0 Å². The van der Waals surface area contributed by atoms with Crippen LogP contribution in [0.25, 0.3) is 0 Å². The van der Waals surface area contributed by atoms with Crippen molar-refractivity contribution in [2.24, 2.45) is 11.3 Å². The molecule has 1 N–H and O–H groups in total. The summed E-state index contributed by atoms with van der Waals surface area (Å²) in [6.07, 6.45) is 1.36. The van der Waals surface area contributed by atoms with Gasteiger partial charge in [-0.05, 0) is 48.9 Å². The highest BCUT2D eigenvalue weighted by molar-refractivity contribution is 5.85. The summed E-state index contributed by atoms with van der Waals surface area (Å²) in [4.78, 5) is 25.9. The highest BCUT2D eigenvalue weighted by Gasteiger charge is 2.49. The monoisotopic (exact) mass is 379 g/mol. The van der Waals surface area contributed by atoms with Crippen molar-refractivity contribution in [3.63, 3.8) is 0 Å². The summed E-state index contributed by atoms with van der Waals surface area (Å²) in [6, 6.07) is 18.0. The van der Waals surface area contributed by atoms with Gasteiger partial charge < -0.3 is 14.7 Å². The first-order valence-corrected chi connectivity index (χ1v) is 9.75. The van der Waals surface area contributed by atoms with E-state index in [0.29, 0.717) is 26.1 Å². The molecule has 2 fully saturated rings. The van der Waals surface area contributed by atoms with E-state index in [9.17, 15) is 14.7 Å². The van der Waals surface area contributed by atoms with E-state index in [1.54, 1.807) is 11.8 Å². The minimum atomic E-state index is -0.818. The molecule has 0 radical (unpaired) electrons. The van der Waals surface area contributed by atoms with E-state index in [0.717, 1.165) is 23.3 Å². The van der Waals surface area contributed by atoms with Gasteiger partial charge in [0.25, 0.3) is 0 Å².